The molecule has 2 unspecified atom stereocenters. The lowest BCUT2D eigenvalue weighted by Gasteiger charge is -2.37. The second-order valence-electron chi connectivity index (χ2n) is 5.42. The number of aryl methyl sites for hydroxylation is 1. The summed E-state index contributed by atoms with van der Waals surface area (Å²) in [7, 11) is 3.80. The van der Waals surface area contributed by atoms with Crippen molar-refractivity contribution in [2.75, 3.05) is 13.6 Å². The van der Waals surface area contributed by atoms with Gasteiger partial charge in [-0.2, -0.15) is 0 Å². The molecule has 0 bridgehead atoms. The molecule has 2 N–H and O–H groups in total. The van der Waals surface area contributed by atoms with E-state index in [1.807, 2.05) is 35.8 Å². The van der Waals surface area contributed by atoms with E-state index in [0.29, 0.717) is 12.5 Å². The molecule has 1 fully saturated rings. The number of amides is 1. The van der Waals surface area contributed by atoms with Gasteiger partial charge in [0.2, 0.25) is 0 Å². The molecule has 1 aliphatic carbocycles. The van der Waals surface area contributed by atoms with Gasteiger partial charge in [0.1, 0.15) is 5.69 Å². The summed E-state index contributed by atoms with van der Waals surface area (Å²) < 4.78 is 2.80. The molecular formula is C14H22BrN3O. The first-order valence-corrected chi connectivity index (χ1v) is 7.63. The average molecular weight is 328 g/mol. The number of nitrogens with zero attached hydrogens (tertiary/aromatic N) is 2. The number of carbonyl (C=O) groups excluding carboxylic acids is 1. The summed E-state index contributed by atoms with van der Waals surface area (Å²) >= 11 is 3.41. The highest BCUT2D eigenvalue weighted by molar-refractivity contribution is 9.10. The normalized spacial score (nSPS) is 23.4. The largest absolute Gasteiger partial charge is 0.345 e. The molecule has 1 aliphatic rings. The zero-order valence-corrected chi connectivity index (χ0v) is 13.2. The first-order chi connectivity index (χ1) is 9.04. The van der Waals surface area contributed by atoms with Crippen molar-refractivity contribution in [3.63, 3.8) is 0 Å². The lowest BCUT2D eigenvalue weighted by atomic mass is 9.83. The van der Waals surface area contributed by atoms with Gasteiger partial charge in [0, 0.05) is 30.8 Å². The molecule has 0 aromatic carbocycles. The third kappa shape index (κ3) is 3.03. The SMILES string of the molecule is CN(C(=O)c1cc(Br)cn1C)C1CCCCC1CN. The Bertz CT molecular complexity index is 458. The van der Waals surface area contributed by atoms with Crippen LogP contribution in [0.4, 0.5) is 0 Å². The highest BCUT2D eigenvalue weighted by Crippen LogP contribution is 2.28. The Morgan fingerprint density at radius 1 is 1.53 bits per heavy atom. The Morgan fingerprint density at radius 2 is 2.21 bits per heavy atom. The topological polar surface area (TPSA) is 51.3 Å². The molecule has 1 heterocycles. The molecule has 1 aromatic heterocycles. The van der Waals surface area contributed by atoms with Crippen LogP contribution in [-0.2, 0) is 7.05 Å². The average Bonchev–Trinajstić information content (AvgIpc) is 2.76. The standard InChI is InChI=1S/C14H22BrN3O/c1-17-9-11(15)7-13(17)14(19)18(2)12-6-4-3-5-10(12)8-16/h7,9-10,12H,3-6,8,16H2,1-2H3. The summed E-state index contributed by atoms with van der Waals surface area (Å²) in [5.74, 6) is 0.518. The lowest BCUT2D eigenvalue weighted by Crippen LogP contribution is -2.46. The molecule has 0 aliphatic heterocycles. The number of halogens is 1. The van der Waals surface area contributed by atoms with Gasteiger partial charge >= 0.3 is 0 Å². The Morgan fingerprint density at radius 3 is 2.79 bits per heavy atom. The van der Waals surface area contributed by atoms with E-state index < -0.39 is 0 Å². The molecule has 2 atom stereocenters. The molecule has 19 heavy (non-hydrogen) atoms. The molecular weight excluding hydrogens is 306 g/mol. The van der Waals surface area contributed by atoms with E-state index in [4.69, 9.17) is 5.73 Å². The second-order valence-corrected chi connectivity index (χ2v) is 6.33. The molecule has 1 aromatic rings. The van der Waals surface area contributed by atoms with Crippen molar-refractivity contribution in [2.24, 2.45) is 18.7 Å². The van der Waals surface area contributed by atoms with Crippen LogP contribution in [0.15, 0.2) is 16.7 Å². The second kappa shape index (κ2) is 6.09. The number of hydrogen-bond acceptors (Lipinski definition) is 2. The van der Waals surface area contributed by atoms with Gasteiger partial charge in [-0.3, -0.25) is 4.79 Å². The first kappa shape index (κ1) is 14.6. The van der Waals surface area contributed by atoms with Crippen LogP contribution in [0.25, 0.3) is 0 Å². The summed E-state index contributed by atoms with van der Waals surface area (Å²) in [6, 6.07) is 2.15. The van der Waals surface area contributed by atoms with Crippen LogP contribution in [0.5, 0.6) is 0 Å². The summed E-state index contributed by atoms with van der Waals surface area (Å²) in [6.45, 7) is 0.666. The van der Waals surface area contributed by atoms with Crippen molar-refractivity contribution >= 4 is 21.8 Å². The molecule has 106 valence electrons. The van der Waals surface area contributed by atoms with Gasteiger partial charge in [-0.05, 0) is 47.3 Å². The van der Waals surface area contributed by atoms with Gasteiger partial charge in [0.15, 0.2) is 0 Å². The molecule has 5 heteroatoms. The third-order valence-electron chi connectivity index (χ3n) is 4.18. The maximum atomic E-state index is 12.6. The van der Waals surface area contributed by atoms with Crippen molar-refractivity contribution < 1.29 is 4.79 Å². The maximum Gasteiger partial charge on any atom is 0.270 e. The number of nitrogens with two attached hydrogens (primary N) is 1. The minimum Gasteiger partial charge on any atom is -0.345 e. The molecule has 0 spiro atoms. The van der Waals surface area contributed by atoms with Crippen LogP contribution >= 0.6 is 15.9 Å². The molecule has 4 nitrogen and oxygen atoms in total. The highest BCUT2D eigenvalue weighted by atomic mass is 79.9. The van der Waals surface area contributed by atoms with Crippen LogP contribution in [0, 0.1) is 5.92 Å². The Hall–Kier alpha value is -0.810. The predicted molar refractivity (Wildman–Crippen MR) is 80.0 cm³/mol. The molecule has 0 radical (unpaired) electrons. The van der Waals surface area contributed by atoms with Gasteiger partial charge < -0.3 is 15.2 Å². The molecule has 1 amide bonds. The monoisotopic (exact) mass is 327 g/mol. The van der Waals surface area contributed by atoms with E-state index >= 15 is 0 Å². The van der Waals surface area contributed by atoms with E-state index in [1.165, 1.54) is 12.8 Å². The smallest absolute Gasteiger partial charge is 0.270 e. The van der Waals surface area contributed by atoms with E-state index in [2.05, 4.69) is 15.9 Å². The fourth-order valence-electron chi connectivity index (χ4n) is 3.04. The van der Waals surface area contributed by atoms with Crippen molar-refractivity contribution in [1.29, 1.82) is 0 Å². The van der Waals surface area contributed by atoms with Gasteiger partial charge in [0.05, 0.1) is 0 Å². The van der Waals surface area contributed by atoms with Crippen LogP contribution < -0.4 is 5.73 Å². The molecule has 1 saturated carbocycles. The van der Waals surface area contributed by atoms with Gasteiger partial charge in [-0.1, -0.05) is 12.8 Å². The number of aromatic nitrogens is 1. The summed E-state index contributed by atoms with van der Waals surface area (Å²) in [6.07, 6.45) is 6.53. The van der Waals surface area contributed by atoms with E-state index in [9.17, 15) is 4.79 Å². The Labute approximate surface area is 123 Å². The fraction of sp³-hybridized carbons (Fsp3) is 0.643. The zero-order chi connectivity index (χ0) is 14.0. The Balaban J connectivity index is 2.16. The fourth-order valence-corrected chi connectivity index (χ4v) is 3.56. The van der Waals surface area contributed by atoms with Gasteiger partial charge in [0.25, 0.3) is 5.91 Å². The van der Waals surface area contributed by atoms with Crippen LogP contribution in [0.1, 0.15) is 36.2 Å². The van der Waals surface area contributed by atoms with Gasteiger partial charge in [-0.25, -0.2) is 0 Å². The van der Waals surface area contributed by atoms with E-state index in [-0.39, 0.29) is 11.9 Å². The maximum absolute atomic E-state index is 12.6. The minimum absolute atomic E-state index is 0.0820. The first-order valence-electron chi connectivity index (χ1n) is 6.83. The number of carbonyl (C=O) groups is 1. The summed E-state index contributed by atoms with van der Waals surface area (Å²) in [4.78, 5) is 14.5. The van der Waals surface area contributed by atoms with E-state index in [0.717, 1.165) is 23.0 Å². The minimum atomic E-state index is 0.0820. The van der Waals surface area contributed by atoms with Crippen LogP contribution in [0.3, 0.4) is 0 Å². The van der Waals surface area contributed by atoms with Crippen LogP contribution in [-0.4, -0.2) is 35.0 Å². The van der Waals surface area contributed by atoms with Crippen LogP contribution in [0.2, 0.25) is 0 Å². The molecule has 0 saturated heterocycles. The summed E-state index contributed by atoms with van der Waals surface area (Å²) in [5, 5.41) is 0. The van der Waals surface area contributed by atoms with Crippen molar-refractivity contribution in [1.82, 2.24) is 9.47 Å². The Kier molecular flexibility index (Phi) is 4.68. The lowest BCUT2D eigenvalue weighted by molar-refractivity contribution is 0.0611. The number of rotatable bonds is 3. The highest BCUT2D eigenvalue weighted by Gasteiger charge is 2.31. The predicted octanol–water partition coefficient (Wildman–Crippen LogP) is 2.38. The zero-order valence-electron chi connectivity index (χ0n) is 11.6. The van der Waals surface area contributed by atoms with Gasteiger partial charge in [-0.15, -0.1) is 0 Å². The molecule has 2 rings (SSSR count). The number of hydrogen-bond donors (Lipinski definition) is 1. The van der Waals surface area contributed by atoms with E-state index in [1.54, 1.807) is 0 Å². The third-order valence-corrected chi connectivity index (χ3v) is 4.61. The quantitative estimate of drug-likeness (QED) is 0.926. The van der Waals surface area contributed by atoms with Crippen molar-refractivity contribution in [2.45, 2.75) is 31.7 Å². The van der Waals surface area contributed by atoms with Crippen molar-refractivity contribution in [3.8, 4) is 0 Å². The summed E-state index contributed by atoms with van der Waals surface area (Å²) in [5.41, 5.74) is 6.57. The van der Waals surface area contributed by atoms with Crippen molar-refractivity contribution in [3.05, 3.63) is 22.4 Å².